The summed E-state index contributed by atoms with van der Waals surface area (Å²) in [5.41, 5.74) is 0.0329. The molecule has 2 aliphatic heterocycles. The summed E-state index contributed by atoms with van der Waals surface area (Å²) in [5, 5.41) is 13.1. The van der Waals surface area contributed by atoms with Crippen LogP contribution in [0.4, 0.5) is 4.79 Å². The minimum absolute atomic E-state index is 0.0242. The fourth-order valence-electron chi connectivity index (χ4n) is 3.03. The van der Waals surface area contributed by atoms with Gasteiger partial charge in [0.1, 0.15) is 11.9 Å². The van der Waals surface area contributed by atoms with Crippen molar-refractivity contribution in [3.63, 3.8) is 0 Å². The Bertz CT molecular complexity index is 686. The van der Waals surface area contributed by atoms with Crippen LogP contribution in [0.5, 0.6) is 5.75 Å². The molecular formula is C17H20Cl2N2O5. The lowest BCUT2D eigenvalue weighted by atomic mass is 10.0. The third kappa shape index (κ3) is 4.52. The summed E-state index contributed by atoms with van der Waals surface area (Å²) in [6.45, 7) is 2.04. The van der Waals surface area contributed by atoms with E-state index in [0.29, 0.717) is 39.1 Å². The van der Waals surface area contributed by atoms with Crippen molar-refractivity contribution in [2.24, 2.45) is 0 Å². The van der Waals surface area contributed by atoms with Gasteiger partial charge in [0.15, 0.2) is 0 Å². The first-order valence-corrected chi connectivity index (χ1v) is 9.22. The van der Waals surface area contributed by atoms with E-state index in [1.54, 1.807) is 4.90 Å². The Kier molecular flexibility index (Phi) is 6.11. The number of hydrogen-bond donors (Lipinski definition) is 2. The molecule has 2 aliphatic rings. The predicted molar refractivity (Wildman–Crippen MR) is 95.9 cm³/mol. The Balaban J connectivity index is 1.50. The number of nitrogens with zero attached hydrogens (tertiary/aromatic N) is 1. The fraction of sp³-hybridized carbons (Fsp3) is 0.529. The van der Waals surface area contributed by atoms with Gasteiger partial charge in [-0.25, -0.2) is 4.79 Å². The van der Waals surface area contributed by atoms with Crippen LogP contribution in [0.1, 0.15) is 29.6 Å². The highest BCUT2D eigenvalue weighted by molar-refractivity contribution is 6.36. The van der Waals surface area contributed by atoms with Gasteiger partial charge >= 0.3 is 6.09 Å². The standard InChI is InChI=1S/C17H20Cl2N2O5/c18-10-7-13(15(22)14(19)8-10)16(23)20-11-1-4-21(5-2-11)17(24)26-12-3-6-25-9-12/h7-8,11-12,22H,1-6,9H2,(H,20,23)/t12-/m1/s1. The molecule has 7 nitrogen and oxygen atoms in total. The molecule has 0 unspecified atom stereocenters. The third-order valence-electron chi connectivity index (χ3n) is 4.52. The highest BCUT2D eigenvalue weighted by Crippen LogP contribution is 2.31. The Labute approximate surface area is 161 Å². The van der Waals surface area contributed by atoms with E-state index in [9.17, 15) is 14.7 Å². The van der Waals surface area contributed by atoms with Crippen LogP contribution < -0.4 is 5.32 Å². The maximum absolute atomic E-state index is 12.4. The van der Waals surface area contributed by atoms with Crippen LogP contribution in [0.2, 0.25) is 10.0 Å². The van der Waals surface area contributed by atoms with E-state index in [-0.39, 0.29) is 39.6 Å². The van der Waals surface area contributed by atoms with Crippen molar-refractivity contribution in [3.05, 3.63) is 27.7 Å². The molecule has 1 atom stereocenters. The van der Waals surface area contributed by atoms with E-state index in [2.05, 4.69) is 5.32 Å². The second-order valence-electron chi connectivity index (χ2n) is 6.39. The quantitative estimate of drug-likeness (QED) is 0.811. The zero-order chi connectivity index (χ0) is 18.7. The molecular weight excluding hydrogens is 383 g/mol. The summed E-state index contributed by atoms with van der Waals surface area (Å²) >= 11 is 11.7. The van der Waals surface area contributed by atoms with Gasteiger partial charge in [-0.15, -0.1) is 0 Å². The van der Waals surface area contributed by atoms with Crippen molar-refractivity contribution >= 4 is 35.2 Å². The molecule has 1 aromatic carbocycles. The number of halogens is 2. The molecule has 2 fully saturated rings. The van der Waals surface area contributed by atoms with Gasteiger partial charge in [-0.1, -0.05) is 23.2 Å². The van der Waals surface area contributed by atoms with E-state index in [4.69, 9.17) is 32.7 Å². The largest absolute Gasteiger partial charge is 0.506 e. The summed E-state index contributed by atoms with van der Waals surface area (Å²) in [7, 11) is 0. The number of nitrogens with one attached hydrogen (secondary N) is 1. The van der Waals surface area contributed by atoms with Crippen molar-refractivity contribution < 1.29 is 24.2 Å². The first-order valence-electron chi connectivity index (χ1n) is 8.46. The van der Waals surface area contributed by atoms with Crippen molar-refractivity contribution in [1.82, 2.24) is 10.2 Å². The van der Waals surface area contributed by atoms with Crippen LogP contribution in [-0.2, 0) is 9.47 Å². The fourth-order valence-corrected chi connectivity index (χ4v) is 3.52. The number of phenols is 1. The molecule has 3 rings (SSSR count). The van der Waals surface area contributed by atoms with Gasteiger partial charge in [0, 0.05) is 30.6 Å². The van der Waals surface area contributed by atoms with Gasteiger partial charge in [0.05, 0.1) is 23.8 Å². The molecule has 0 spiro atoms. The lowest BCUT2D eigenvalue weighted by Gasteiger charge is -2.32. The van der Waals surface area contributed by atoms with Crippen LogP contribution >= 0.6 is 23.2 Å². The molecule has 0 saturated carbocycles. The zero-order valence-electron chi connectivity index (χ0n) is 14.0. The van der Waals surface area contributed by atoms with Crippen molar-refractivity contribution in [3.8, 4) is 5.75 Å². The summed E-state index contributed by atoms with van der Waals surface area (Å²) in [6.07, 6.45) is 1.40. The SMILES string of the molecule is O=C(NC1CCN(C(=O)O[C@@H]2CCOC2)CC1)c1cc(Cl)cc(Cl)c1O. The molecule has 2 saturated heterocycles. The van der Waals surface area contributed by atoms with Gasteiger partial charge in [-0.3, -0.25) is 4.79 Å². The van der Waals surface area contributed by atoms with E-state index in [1.807, 2.05) is 0 Å². The number of benzene rings is 1. The van der Waals surface area contributed by atoms with E-state index >= 15 is 0 Å². The number of ether oxygens (including phenoxy) is 2. The minimum Gasteiger partial charge on any atom is -0.506 e. The molecule has 2 heterocycles. The molecule has 0 bridgehead atoms. The predicted octanol–water partition coefficient (Wildman–Crippen LogP) is 2.82. The molecule has 0 aromatic heterocycles. The molecule has 0 radical (unpaired) electrons. The highest BCUT2D eigenvalue weighted by atomic mass is 35.5. The number of amides is 2. The number of aromatic hydroxyl groups is 1. The Morgan fingerprint density at radius 1 is 1.23 bits per heavy atom. The number of carbonyl (C=O) groups is 2. The average molecular weight is 403 g/mol. The third-order valence-corrected chi connectivity index (χ3v) is 5.02. The van der Waals surface area contributed by atoms with Gasteiger partial charge in [0.2, 0.25) is 0 Å². The number of likely N-dealkylation sites (tertiary alicyclic amines) is 1. The average Bonchev–Trinajstić information content (AvgIpc) is 3.11. The van der Waals surface area contributed by atoms with Gasteiger partial charge < -0.3 is 24.8 Å². The summed E-state index contributed by atoms with van der Waals surface area (Å²) in [6, 6.07) is 2.63. The molecule has 26 heavy (non-hydrogen) atoms. The van der Waals surface area contributed by atoms with Crippen LogP contribution in [0.3, 0.4) is 0 Å². The minimum atomic E-state index is -0.448. The summed E-state index contributed by atoms with van der Waals surface area (Å²) < 4.78 is 10.6. The Morgan fingerprint density at radius 3 is 2.62 bits per heavy atom. The second-order valence-corrected chi connectivity index (χ2v) is 7.23. The lowest BCUT2D eigenvalue weighted by molar-refractivity contribution is 0.0479. The zero-order valence-corrected chi connectivity index (χ0v) is 15.6. The van der Waals surface area contributed by atoms with Crippen LogP contribution in [-0.4, -0.2) is 60.5 Å². The van der Waals surface area contributed by atoms with Gasteiger partial charge in [0.25, 0.3) is 5.91 Å². The Hall–Kier alpha value is -1.70. The van der Waals surface area contributed by atoms with Gasteiger partial charge in [-0.2, -0.15) is 0 Å². The normalized spacial score (nSPS) is 20.8. The topological polar surface area (TPSA) is 88.1 Å². The van der Waals surface area contributed by atoms with Gasteiger partial charge in [-0.05, 0) is 25.0 Å². The maximum atomic E-state index is 12.4. The summed E-state index contributed by atoms with van der Waals surface area (Å²) in [5.74, 6) is -0.746. The number of rotatable bonds is 3. The van der Waals surface area contributed by atoms with Crippen molar-refractivity contribution in [1.29, 1.82) is 0 Å². The molecule has 2 N–H and O–H groups in total. The second kappa shape index (κ2) is 8.33. The first-order chi connectivity index (χ1) is 12.4. The smallest absolute Gasteiger partial charge is 0.410 e. The first kappa shape index (κ1) is 19.1. The van der Waals surface area contributed by atoms with E-state index < -0.39 is 5.91 Å². The molecule has 0 aliphatic carbocycles. The van der Waals surface area contributed by atoms with E-state index in [1.165, 1.54) is 12.1 Å². The lowest BCUT2D eigenvalue weighted by Crippen LogP contribution is -2.47. The summed E-state index contributed by atoms with van der Waals surface area (Å²) in [4.78, 5) is 26.1. The number of piperidine rings is 1. The Morgan fingerprint density at radius 2 is 1.96 bits per heavy atom. The van der Waals surface area contributed by atoms with Crippen LogP contribution in [0.15, 0.2) is 12.1 Å². The maximum Gasteiger partial charge on any atom is 0.410 e. The molecule has 1 aromatic rings. The highest BCUT2D eigenvalue weighted by Gasteiger charge is 2.28. The van der Waals surface area contributed by atoms with Crippen molar-refractivity contribution in [2.45, 2.75) is 31.4 Å². The van der Waals surface area contributed by atoms with Crippen molar-refractivity contribution in [2.75, 3.05) is 26.3 Å². The van der Waals surface area contributed by atoms with Crippen LogP contribution in [0.25, 0.3) is 0 Å². The number of phenolic OH excluding ortho intramolecular Hbond substituents is 1. The molecule has 142 valence electrons. The monoisotopic (exact) mass is 402 g/mol. The number of hydrogen-bond acceptors (Lipinski definition) is 5. The van der Waals surface area contributed by atoms with Crippen LogP contribution in [0, 0.1) is 0 Å². The molecule has 9 heteroatoms. The molecule has 2 amide bonds. The van der Waals surface area contributed by atoms with E-state index in [0.717, 1.165) is 6.42 Å². The number of carbonyl (C=O) groups excluding carboxylic acids is 2.